The molecule has 1 unspecified atom stereocenters. The molecule has 0 fully saturated rings. The van der Waals surface area contributed by atoms with Crippen LogP contribution in [-0.2, 0) is 0 Å². The third kappa shape index (κ3) is 5.34. The molecule has 0 spiro atoms. The van der Waals surface area contributed by atoms with E-state index in [1.807, 2.05) is 25.1 Å². The molecule has 2 aromatic carbocycles. The van der Waals surface area contributed by atoms with E-state index in [4.69, 9.17) is 13.9 Å². The fourth-order valence-electron chi connectivity index (χ4n) is 4.77. The molecule has 8 heteroatoms. The van der Waals surface area contributed by atoms with E-state index in [2.05, 4.69) is 25.7 Å². The van der Waals surface area contributed by atoms with Crippen LogP contribution in [0.1, 0.15) is 68.3 Å². The highest BCUT2D eigenvalue weighted by molar-refractivity contribution is 5.99. The lowest BCUT2D eigenvalue weighted by atomic mass is 9.98. The highest BCUT2D eigenvalue weighted by Crippen LogP contribution is 2.41. The van der Waals surface area contributed by atoms with Crippen LogP contribution in [0.4, 0.5) is 4.39 Å². The van der Waals surface area contributed by atoms with E-state index in [1.54, 1.807) is 4.90 Å². The van der Waals surface area contributed by atoms with Gasteiger partial charge in [-0.15, -0.1) is 0 Å². The minimum atomic E-state index is -0.689. The second kappa shape index (κ2) is 11.8. The Morgan fingerprint density at radius 3 is 2.49 bits per heavy atom. The smallest absolute Gasteiger partial charge is 0.290 e. The van der Waals surface area contributed by atoms with Crippen LogP contribution in [0.5, 0.6) is 11.5 Å². The Bertz CT molecular complexity index is 1320. The predicted octanol–water partition coefficient (Wildman–Crippen LogP) is 5.40. The van der Waals surface area contributed by atoms with Crippen molar-refractivity contribution < 1.29 is 23.1 Å². The van der Waals surface area contributed by atoms with Crippen molar-refractivity contribution in [2.45, 2.75) is 46.6 Å². The molecule has 0 saturated heterocycles. The zero-order chi connectivity index (χ0) is 26.5. The number of hydrogen-bond donors (Lipinski definition) is 0. The first-order valence-electron chi connectivity index (χ1n) is 13.1. The lowest BCUT2D eigenvalue weighted by molar-refractivity contribution is 0.0708. The molecular formula is C29H35FN2O5. The summed E-state index contributed by atoms with van der Waals surface area (Å²) < 4.78 is 31.8. The third-order valence-corrected chi connectivity index (χ3v) is 6.82. The summed E-state index contributed by atoms with van der Waals surface area (Å²) in [7, 11) is 0. The maximum atomic E-state index is 14.0. The summed E-state index contributed by atoms with van der Waals surface area (Å²) in [5.41, 5.74) is 0.726. The van der Waals surface area contributed by atoms with Gasteiger partial charge in [0, 0.05) is 13.1 Å². The largest absolute Gasteiger partial charge is 0.490 e. The van der Waals surface area contributed by atoms with Crippen LogP contribution in [-0.4, -0.2) is 55.1 Å². The number of carbonyl (C=O) groups excluding carboxylic acids is 1. The molecule has 4 rings (SSSR count). The molecule has 0 aliphatic carbocycles. The SMILES string of the molecule is CCCCOc1ccc(C2c3c(oc4ccc(F)cc4c3=O)C(=O)N2CCN(CC)CC)cc1OCC. The zero-order valence-corrected chi connectivity index (χ0v) is 22.0. The molecule has 7 nitrogen and oxygen atoms in total. The van der Waals surface area contributed by atoms with Crippen molar-refractivity contribution in [3.63, 3.8) is 0 Å². The Morgan fingerprint density at radius 1 is 1.00 bits per heavy atom. The van der Waals surface area contributed by atoms with Gasteiger partial charge in [-0.1, -0.05) is 33.3 Å². The summed E-state index contributed by atoms with van der Waals surface area (Å²) in [4.78, 5) is 31.2. The van der Waals surface area contributed by atoms with Crippen molar-refractivity contribution in [1.29, 1.82) is 0 Å². The lowest BCUT2D eigenvalue weighted by Crippen LogP contribution is -2.37. The number of amides is 1. The standard InChI is InChI=1S/C29H35FN2O5/c1-5-9-16-36-23-12-10-19(17-24(23)35-8-4)26-25-27(33)21-18-20(30)11-13-22(21)37-28(25)29(34)32(26)15-14-31(6-2)7-3/h10-13,17-18,26H,5-9,14-16H2,1-4H3. The monoisotopic (exact) mass is 510 g/mol. The van der Waals surface area contributed by atoms with Gasteiger partial charge in [-0.3, -0.25) is 9.59 Å². The van der Waals surface area contributed by atoms with Gasteiger partial charge in [0.25, 0.3) is 5.91 Å². The van der Waals surface area contributed by atoms with Gasteiger partial charge in [-0.05, 0) is 62.3 Å². The summed E-state index contributed by atoms with van der Waals surface area (Å²) >= 11 is 0. The second-order valence-corrected chi connectivity index (χ2v) is 9.08. The van der Waals surface area contributed by atoms with Crippen molar-refractivity contribution in [3.05, 3.63) is 69.3 Å². The van der Waals surface area contributed by atoms with Crippen molar-refractivity contribution in [3.8, 4) is 11.5 Å². The van der Waals surface area contributed by atoms with Crippen LogP contribution >= 0.6 is 0 Å². The van der Waals surface area contributed by atoms with Gasteiger partial charge < -0.3 is 23.7 Å². The third-order valence-electron chi connectivity index (χ3n) is 6.82. The van der Waals surface area contributed by atoms with Gasteiger partial charge in [0.2, 0.25) is 5.76 Å². The molecule has 1 aliphatic heterocycles. The summed E-state index contributed by atoms with van der Waals surface area (Å²) in [6, 6.07) is 8.60. The van der Waals surface area contributed by atoms with E-state index in [0.29, 0.717) is 43.4 Å². The van der Waals surface area contributed by atoms with Gasteiger partial charge in [0.15, 0.2) is 16.9 Å². The minimum Gasteiger partial charge on any atom is -0.490 e. The number of ether oxygens (including phenoxy) is 2. The first-order valence-corrected chi connectivity index (χ1v) is 13.1. The first-order chi connectivity index (χ1) is 17.9. The fraction of sp³-hybridized carbons (Fsp3) is 0.448. The van der Waals surface area contributed by atoms with E-state index in [9.17, 15) is 14.0 Å². The highest BCUT2D eigenvalue weighted by Gasteiger charge is 2.43. The first kappa shape index (κ1) is 26.7. The topological polar surface area (TPSA) is 72.2 Å². The molecule has 1 amide bonds. The molecule has 2 heterocycles. The van der Waals surface area contributed by atoms with Gasteiger partial charge in [0.1, 0.15) is 11.4 Å². The summed E-state index contributed by atoms with van der Waals surface area (Å²) in [5.74, 6) is 0.292. The second-order valence-electron chi connectivity index (χ2n) is 9.08. The van der Waals surface area contributed by atoms with Crippen molar-refractivity contribution >= 4 is 16.9 Å². The Hall–Kier alpha value is -3.39. The molecule has 0 N–H and O–H groups in total. The summed E-state index contributed by atoms with van der Waals surface area (Å²) in [6.07, 6.45) is 1.93. The molecule has 0 saturated carbocycles. The molecule has 0 bridgehead atoms. The minimum absolute atomic E-state index is 0.00915. The molecule has 0 radical (unpaired) electrons. The van der Waals surface area contributed by atoms with E-state index in [1.165, 1.54) is 12.1 Å². The number of halogens is 1. The van der Waals surface area contributed by atoms with Crippen LogP contribution in [0.25, 0.3) is 11.0 Å². The van der Waals surface area contributed by atoms with Crippen molar-refractivity contribution in [2.75, 3.05) is 39.4 Å². The number of nitrogens with zero attached hydrogens (tertiary/aromatic N) is 2. The van der Waals surface area contributed by atoms with Crippen LogP contribution in [0.15, 0.2) is 45.6 Å². The number of hydrogen-bond acceptors (Lipinski definition) is 6. The Balaban J connectivity index is 1.84. The Kier molecular flexibility index (Phi) is 8.48. The number of benzene rings is 2. The lowest BCUT2D eigenvalue weighted by Gasteiger charge is -2.28. The molecule has 37 heavy (non-hydrogen) atoms. The molecule has 198 valence electrons. The summed E-state index contributed by atoms with van der Waals surface area (Å²) in [6.45, 7) is 11.9. The maximum absolute atomic E-state index is 14.0. The van der Waals surface area contributed by atoms with Crippen LogP contribution in [0.3, 0.4) is 0 Å². The van der Waals surface area contributed by atoms with Gasteiger partial charge in [-0.25, -0.2) is 4.39 Å². The van der Waals surface area contributed by atoms with Gasteiger partial charge in [0.05, 0.1) is 30.2 Å². The molecule has 1 aromatic heterocycles. The number of likely N-dealkylation sites (N-methyl/N-ethyl adjacent to an activating group) is 1. The number of fused-ring (bicyclic) bond motifs is 2. The van der Waals surface area contributed by atoms with Crippen LogP contribution in [0.2, 0.25) is 0 Å². The highest BCUT2D eigenvalue weighted by atomic mass is 19.1. The van der Waals surface area contributed by atoms with E-state index < -0.39 is 17.3 Å². The zero-order valence-electron chi connectivity index (χ0n) is 22.0. The average Bonchev–Trinajstić information content (AvgIpc) is 3.18. The fourth-order valence-corrected chi connectivity index (χ4v) is 4.77. The molecule has 1 atom stereocenters. The van der Waals surface area contributed by atoms with E-state index >= 15 is 0 Å². The molecule has 3 aromatic rings. The quantitative estimate of drug-likeness (QED) is 0.304. The molecule has 1 aliphatic rings. The van der Waals surface area contributed by atoms with Crippen molar-refractivity contribution in [1.82, 2.24) is 9.80 Å². The van der Waals surface area contributed by atoms with E-state index in [-0.39, 0.29) is 28.2 Å². The molecular weight excluding hydrogens is 475 g/mol. The Morgan fingerprint density at radius 2 is 1.78 bits per heavy atom. The predicted molar refractivity (Wildman–Crippen MR) is 141 cm³/mol. The summed E-state index contributed by atoms with van der Waals surface area (Å²) in [5, 5.41) is 0.117. The van der Waals surface area contributed by atoms with Crippen molar-refractivity contribution in [2.24, 2.45) is 0 Å². The Labute approximate surface area is 216 Å². The maximum Gasteiger partial charge on any atom is 0.290 e. The van der Waals surface area contributed by atoms with Crippen LogP contribution in [0, 0.1) is 5.82 Å². The van der Waals surface area contributed by atoms with E-state index in [0.717, 1.165) is 32.0 Å². The van der Waals surface area contributed by atoms with Gasteiger partial charge in [-0.2, -0.15) is 0 Å². The van der Waals surface area contributed by atoms with Crippen LogP contribution < -0.4 is 14.9 Å². The average molecular weight is 511 g/mol. The van der Waals surface area contributed by atoms with Gasteiger partial charge >= 0.3 is 0 Å². The number of carbonyl (C=O) groups is 1. The number of unbranched alkanes of at least 4 members (excludes halogenated alkanes) is 1. The number of rotatable bonds is 12. The normalized spacial score (nSPS) is 15.0.